The average molecular weight is 274 g/mol. The van der Waals surface area contributed by atoms with Crippen molar-refractivity contribution in [2.45, 2.75) is 25.7 Å². The Labute approximate surface area is 107 Å². The van der Waals surface area contributed by atoms with Gasteiger partial charge < -0.3 is 4.43 Å². The minimum absolute atomic E-state index is 0.516. The monoisotopic (exact) mass is 273 g/mol. The summed E-state index contributed by atoms with van der Waals surface area (Å²) in [5.41, 5.74) is 0.711. The fourth-order valence-electron chi connectivity index (χ4n) is 1.25. The van der Waals surface area contributed by atoms with Crippen molar-refractivity contribution in [2.24, 2.45) is 0 Å². The highest BCUT2D eigenvalue weighted by Crippen LogP contribution is 2.27. The van der Waals surface area contributed by atoms with Gasteiger partial charge in [0.2, 0.25) is 0 Å². The molecule has 0 saturated heterocycles. The van der Waals surface area contributed by atoms with Gasteiger partial charge in [-0.2, -0.15) is 5.26 Å². The van der Waals surface area contributed by atoms with Gasteiger partial charge in [-0.3, -0.25) is 0 Å². The van der Waals surface area contributed by atoms with E-state index in [1.807, 2.05) is 19.6 Å². The van der Waals surface area contributed by atoms with Crippen LogP contribution in [0.2, 0.25) is 29.7 Å². The normalized spacial score (nSPS) is 13.2. The Bertz CT molecular complexity index is 403. The molecule has 1 aromatic carbocycles. The van der Waals surface area contributed by atoms with Crippen LogP contribution in [0.5, 0.6) is 0 Å². The summed E-state index contributed by atoms with van der Waals surface area (Å²) in [6.07, 6.45) is -0.595. The molecule has 0 saturated carbocycles. The highest BCUT2D eigenvalue weighted by Gasteiger charge is 2.22. The van der Waals surface area contributed by atoms with Crippen LogP contribution in [-0.4, -0.2) is 8.32 Å². The van der Waals surface area contributed by atoms with Crippen molar-refractivity contribution >= 4 is 31.5 Å². The van der Waals surface area contributed by atoms with Crippen molar-refractivity contribution < 1.29 is 4.43 Å². The SMILES string of the molecule is C[Si](C)(C)OC(C#N)c1cc(Cl)cc(Cl)c1. The summed E-state index contributed by atoms with van der Waals surface area (Å²) in [7, 11) is -1.77. The first-order valence-electron chi connectivity index (χ1n) is 4.85. The summed E-state index contributed by atoms with van der Waals surface area (Å²) in [6.45, 7) is 6.09. The average Bonchev–Trinajstić information content (AvgIpc) is 2.11. The lowest BCUT2D eigenvalue weighted by molar-refractivity contribution is 0.255. The number of benzene rings is 1. The summed E-state index contributed by atoms with van der Waals surface area (Å²) in [4.78, 5) is 0. The molecule has 0 aliphatic rings. The fraction of sp³-hybridized carbons (Fsp3) is 0.364. The van der Waals surface area contributed by atoms with Crippen molar-refractivity contribution in [1.82, 2.24) is 0 Å². The van der Waals surface area contributed by atoms with Crippen molar-refractivity contribution in [3.8, 4) is 6.07 Å². The molecule has 0 heterocycles. The Morgan fingerprint density at radius 2 is 1.69 bits per heavy atom. The van der Waals surface area contributed by atoms with Crippen LogP contribution in [0.15, 0.2) is 18.2 Å². The van der Waals surface area contributed by atoms with Crippen LogP contribution in [0.1, 0.15) is 11.7 Å². The van der Waals surface area contributed by atoms with Crippen molar-refractivity contribution in [1.29, 1.82) is 5.26 Å². The lowest BCUT2D eigenvalue weighted by atomic mass is 10.1. The summed E-state index contributed by atoms with van der Waals surface area (Å²) >= 11 is 11.8. The second kappa shape index (κ2) is 5.20. The molecule has 1 aromatic rings. The van der Waals surface area contributed by atoms with Gasteiger partial charge in [-0.15, -0.1) is 0 Å². The molecule has 0 N–H and O–H groups in total. The molecule has 1 unspecified atom stereocenters. The van der Waals surface area contributed by atoms with E-state index in [2.05, 4.69) is 6.07 Å². The number of nitriles is 1. The predicted octanol–water partition coefficient (Wildman–Crippen LogP) is 4.41. The number of nitrogens with zero attached hydrogens (tertiary/aromatic N) is 1. The molecule has 1 rings (SSSR count). The van der Waals surface area contributed by atoms with Gasteiger partial charge >= 0.3 is 0 Å². The molecule has 1 atom stereocenters. The van der Waals surface area contributed by atoms with Crippen LogP contribution in [0.4, 0.5) is 0 Å². The topological polar surface area (TPSA) is 33.0 Å². The smallest absolute Gasteiger partial charge is 0.186 e. The van der Waals surface area contributed by atoms with Gasteiger partial charge in [0.05, 0.1) is 6.07 Å². The molecule has 0 spiro atoms. The summed E-state index contributed by atoms with van der Waals surface area (Å²) in [5, 5.41) is 10.1. The van der Waals surface area contributed by atoms with Crippen molar-refractivity contribution in [3.05, 3.63) is 33.8 Å². The molecule has 0 radical (unpaired) electrons. The molecule has 5 heteroatoms. The van der Waals surface area contributed by atoms with E-state index in [-0.39, 0.29) is 0 Å². The Morgan fingerprint density at radius 1 is 1.19 bits per heavy atom. The van der Waals surface area contributed by atoms with Crippen molar-refractivity contribution in [3.63, 3.8) is 0 Å². The zero-order chi connectivity index (χ0) is 12.3. The van der Waals surface area contributed by atoms with Gasteiger partial charge in [0.15, 0.2) is 14.4 Å². The number of hydrogen-bond acceptors (Lipinski definition) is 2. The predicted molar refractivity (Wildman–Crippen MR) is 69.2 cm³/mol. The zero-order valence-electron chi connectivity index (χ0n) is 9.42. The van der Waals surface area contributed by atoms with E-state index in [0.717, 1.165) is 0 Å². The molecule has 0 aliphatic carbocycles. The van der Waals surface area contributed by atoms with Gasteiger partial charge in [-0.1, -0.05) is 23.2 Å². The zero-order valence-corrected chi connectivity index (χ0v) is 11.9. The molecule has 2 nitrogen and oxygen atoms in total. The van der Waals surface area contributed by atoms with Gasteiger partial charge in [0.25, 0.3) is 0 Å². The highest BCUT2D eigenvalue weighted by molar-refractivity contribution is 6.69. The Hall–Kier alpha value is -0.533. The molecule has 0 fully saturated rings. The van der Waals surface area contributed by atoms with E-state index in [1.165, 1.54) is 0 Å². The van der Waals surface area contributed by atoms with E-state index >= 15 is 0 Å². The largest absolute Gasteiger partial charge is 0.399 e. The third kappa shape index (κ3) is 4.15. The number of rotatable bonds is 3. The molecule has 0 aromatic heterocycles. The van der Waals surface area contributed by atoms with E-state index in [1.54, 1.807) is 18.2 Å². The van der Waals surface area contributed by atoms with Crippen LogP contribution in [-0.2, 0) is 4.43 Å². The van der Waals surface area contributed by atoms with Crippen LogP contribution in [0.25, 0.3) is 0 Å². The van der Waals surface area contributed by atoms with Gasteiger partial charge in [-0.05, 0) is 43.4 Å². The van der Waals surface area contributed by atoms with E-state index in [9.17, 15) is 0 Å². The van der Waals surface area contributed by atoms with Crippen LogP contribution in [0, 0.1) is 11.3 Å². The Balaban J connectivity index is 3.01. The van der Waals surface area contributed by atoms with Crippen LogP contribution >= 0.6 is 23.2 Å². The summed E-state index contributed by atoms with van der Waals surface area (Å²) in [6, 6.07) is 7.18. The quantitative estimate of drug-likeness (QED) is 0.765. The van der Waals surface area contributed by atoms with Crippen molar-refractivity contribution in [2.75, 3.05) is 0 Å². The number of halogens is 2. The molecular formula is C11H13Cl2NOSi. The first-order chi connectivity index (χ1) is 7.31. The van der Waals surface area contributed by atoms with Gasteiger partial charge in [0, 0.05) is 10.0 Å². The van der Waals surface area contributed by atoms with Crippen LogP contribution < -0.4 is 0 Å². The molecule has 0 bridgehead atoms. The molecule has 0 amide bonds. The molecule has 16 heavy (non-hydrogen) atoms. The lowest BCUT2D eigenvalue weighted by Crippen LogP contribution is -2.27. The third-order valence-corrected chi connectivity index (χ3v) is 3.16. The summed E-state index contributed by atoms with van der Waals surface area (Å²) < 4.78 is 5.74. The highest BCUT2D eigenvalue weighted by atomic mass is 35.5. The second-order valence-electron chi connectivity index (χ2n) is 4.44. The Kier molecular flexibility index (Phi) is 4.40. The first kappa shape index (κ1) is 13.5. The minimum Gasteiger partial charge on any atom is -0.399 e. The summed E-state index contributed by atoms with van der Waals surface area (Å²) in [5.74, 6) is 0. The van der Waals surface area contributed by atoms with E-state index in [0.29, 0.717) is 15.6 Å². The Morgan fingerprint density at radius 3 is 2.06 bits per heavy atom. The first-order valence-corrected chi connectivity index (χ1v) is 9.01. The second-order valence-corrected chi connectivity index (χ2v) is 9.78. The molecular weight excluding hydrogens is 261 g/mol. The minimum atomic E-state index is -1.77. The number of hydrogen-bond donors (Lipinski definition) is 0. The maximum absolute atomic E-state index is 9.09. The van der Waals surface area contributed by atoms with E-state index in [4.69, 9.17) is 32.9 Å². The maximum atomic E-state index is 9.09. The maximum Gasteiger partial charge on any atom is 0.186 e. The standard InChI is InChI=1S/C11H13Cl2NOSi/c1-16(2,3)15-11(7-14)8-4-9(12)6-10(13)5-8/h4-6,11H,1-3H3. The van der Waals surface area contributed by atoms with Crippen LogP contribution in [0.3, 0.4) is 0 Å². The van der Waals surface area contributed by atoms with Gasteiger partial charge in [0.1, 0.15) is 0 Å². The fourth-order valence-corrected chi connectivity index (χ4v) is 2.69. The third-order valence-electron chi connectivity index (χ3n) is 1.78. The molecule has 0 aliphatic heterocycles. The molecule has 86 valence electrons. The van der Waals surface area contributed by atoms with E-state index < -0.39 is 14.4 Å². The van der Waals surface area contributed by atoms with Gasteiger partial charge in [-0.25, -0.2) is 0 Å². The lowest BCUT2D eigenvalue weighted by Gasteiger charge is -2.22.